The maximum Gasteiger partial charge on any atom is 0.251 e. The third-order valence-corrected chi connectivity index (χ3v) is 3.59. The molecule has 114 valence electrons. The molecular formula is C18H19NO3. The van der Waals surface area contributed by atoms with Gasteiger partial charge in [0.25, 0.3) is 5.91 Å². The van der Waals surface area contributed by atoms with Gasteiger partial charge in [0.1, 0.15) is 13.2 Å². The lowest BCUT2D eigenvalue weighted by Gasteiger charge is -2.18. The minimum Gasteiger partial charge on any atom is -0.486 e. The van der Waals surface area contributed by atoms with Crippen LogP contribution in [0.5, 0.6) is 11.5 Å². The lowest BCUT2D eigenvalue weighted by molar-refractivity contribution is 0.0954. The third-order valence-electron chi connectivity index (χ3n) is 3.59. The van der Waals surface area contributed by atoms with Crippen LogP contribution in [0.4, 0.5) is 0 Å². The summed E-state index contributed by atoms with van der Waals surface area (Å²) in [6.45, 7) is 3.75. The molecule has 0 aromatic heterocycles. The highest BCUT2D eigenvalue weighted by Gasteiger charge is 2.11. The highest BCUT2D eigenvalue weighted by atomic mass is 16.6. The van der Waals surface area contributed by atoms with Gasteiger partial charge in [-0.15, -0.1) is 0 Å². The second kappa shape index (κ2) is 6.52. The predicted octanol–water partition coefficient (Wildman–Crippen LogP) is 2.74. The van der Waals surface area contributed by atoms with E-state index in [1.54, 1.807) is 0 Å². The fraction of sp³-hybridized carbons (Fsp3) is 0.278. The molecule has 0 aliphatic carbocycles. The number of nitrogens with one attached hydrogen (secondary N) is 1. The van der Waals surface area contributed by atoms with Crippen molar-refractivity contribution in [3.8, 4) is 11.5 Å². The van der Waals surface area contributed by atoms with Crippen LogP contribution in [0, 0.1) is 6.92 Å². The molecule has 1 aliphatic rings. The van der Waals surface area contributed by atoms with E-state index in [1.807, 2.05) is 49.4 Å². The number of carbonyl (C=O) groups is 1. The van der Waals surface area contributed by atoms with E-state index in [-0.39, 0.29) is 5.91 Å². The lowest BCUT2D eigenvalue weighted by Crippen LogP contribution is -2.25. The topological polar surface area (TPSA) is 47.6 Å². The highest BCUT2D eigenvalue weighted by Crippen LogP contribution is 2.30. The van der Waals surface area contributed by atoms with Crippen molar-refractivity contribution in [2.45, 2.75) is 13.3 Å². The van der Waals surface area contributed by atoms with Gasteiger partial charge < -0.3 is 14.8 Å². The van der Waals surface area contributed by atoms with Crippen LogP contribution in [0.2, 0.25) is 0 Å². The molecule has 0 radical (unpaired) electrons. The Hall–Kier alpha value is -2.49. The average Bonchev–Trinajstić information content (AvgIpc) is 2.54. The molecule has 22 heavy (non-hydrogen) atoms. The number of benzene rings is 2. The molecule has 0 spiro atoms. The first-order valence-electron chi connectivity index (χ1n) is 7.46. The van der Waals surface area contributed by atoms with Gasteiger partial charge >= 0.3 is 0 Å². The Kier molecular flexibility index (Phi) is 4.28. The number of rotatable bonds is 4. The Balaban J connectivity index is 1.56. The summed E-state index contributed by atoms with van der Waals surface area (Å²) in [5.41, 5.74) is 2.90. The van der Waals surface area contributed by atoms with Crippen LogP contribution in [0.3, 0.4) is 0 Å². The van der Waals surface area contributed by atoms with E-state index in [0.717, 1.165) is 29.0 Å². The van der Waals surface area contributed by atoms with Gasteiger partial charge in [0.15, 0.2) is 11.5 Å². The van der Waals surface area contributed by atoms with Crippen LogP contribution in [0.15, 0.2) is 42.5 Å². The van der Waals surface area contributed by atoms with E-state index >= 15 is 0 Å². The van der Waals surface area contributed by atoms with Gasteiger partial charge in [0.05, 0.1) is 0 Å². The van der Waals surface area contributed by atoms with E-state index < -0.39 is 0 Å². The predicted molar refractivity (Wildman–Crippen MR) is 84.6 cm³/mol. The lowest BCUT2D eigenvalue weighted by atomic mass is 10.1. The second-order valence-electron chi connectivity index (χ2n) is 5.35. The summed E-state index contributed by atoms with van der Waals surface area (Å²) in [6, 6.07) is 13.5. The molecule has 0 saturated carbocycles. The van der Waals surface area contributed by atoms with Gasteiger partial charge in [-0.05, 0) is 43.2 Å². The summed E-state index contributed by atoms with van der Waals surface area (Å²) in [7, 11) is 0. The first-order valence-corrected chi connectivity index (χ1v) is 7.46. The molecule has 1 N–H and O–H groups in total. The molecule has 0 unspecified atom stereocenters. The molecule has 0 bridgehead atoms. The largest absolute Gasteiger partial charge is 0.486 e. The van der Waals surface area contributed by atoms with E-state index in [1.165, 1.54) is 0 Å². The first-order chi connectivity index (χ1) is 10.7. The van der Waals surface area contributed by atoms with Crippen LogP contribution in [0.1, 0.15) is 21.5 Å². The van der Waals surface area contributed by atoms with E-state index in [9.17, 15) is 4.79 Å². The van der Waals surface area contributed by atoms with Crippen molar-refractivity contribution in [3.63, 3.8) is 0 Å². The fourth-order valence-corrected chi connectivity index (χ4v) is 2.45. The summed E-state index contributed by atoms with van der Waals surface area (Å²) in [5.74, 6) is 1.54. The number of hydrogen-bond acceptors (Lipinski definition) is 3. The van der Waals surface area contributed by atoms with Crippen molar-refractivity contribution >= 4 is 5.91 Å². The van der Waals surface area contributed by atoms with Gasteiger partial charge in [-0.3, -0.25) is 4.79 Å². The van der Waals surface area contributed by atoms with Crippen LogP contribution in [0.25, 0.3) is 0 Å². The summed E-state index contributed by atoms with van der Waals surface area (Å²) >= 11 is 0. The summed E-state index contributed by atoms with van der Waals surface area (Å²) in [5, 5.41) is 2.94. The number of amides is 1. The quantitative estimate of drug-likeness (QED) is 0.944. The molecule has 2 aromatic rings. The van der Waals surface area contributed by atoms with Crippen LogP contribution in [-0.2, 0) is 6.42 Å². The minimum absolute atomic E-state index is 0.0405. The molecule has 1 amide bonds. The van der Waals surface area contributed by atoms with E-state index in [4.69, 9.17) is 9.47 Å². The molecule has 1 heterocycles. The zero-order valence-electron chi connectivity index (χ0n) is 12.6. The maximum absolute atomic E-state index is 12.1. The molecule has 3 rings (SSSR count). The van der Waals surface area contributed by atoms with Crippen molar-refractivity contribution in [2.24, 2.45) is 0 Å². The van der Waals surface area contributed by atoms with Crippen molar-refractivity contribution in [1.82, 2.24) is 5.32 Å². The van der Waals surface area contributed by atoms with E-state index in [2.05, 4.69) is 5.32 Å². The fourth-order valence-electron chi connectivity index (χ4n) is 2.45. The van der Waals surface area contributed by atoms with Crippen LogP contribution >= 0.6 is 0 Å². The zero-order chi connectivity index (χ0) is 15.4. The molecule has 0 fully saturated rings. The van der Waals surface area contributed by atoms with E-state index in [0.29, 0.717) is 25.3 Å². The Morgan fingerprint density at radius 3 is 2.73 bits per heavy atom. The second-order valence-corrected chi connectivity index (χ2v) is 5.35. The smallest absolute Gasteiger partial charge is 0.251 e. The normalized spacial score (nSPS) is 12.8. The van der Waals surface area contributed by atoms with Crippen LogP contribution < -0.4 is 14.8 Å². The third kappa shape index (κ3) is 3.39. The summed E-state index contributed by atoms with van der Waals surface area (Å²) < 4.78 is 11.1. The Labute approximate surface area is 130 Å². The van der Waals surface area contributed by atoms with Crippen LogP contribution in [-0.4, -0.2) is 25.7 Å². The molecule has 2 aromatic carbocycles. The number of aryl methyl sites for hydroxylation is 1. The Morgan fingerprint density at radius 2 is 1.91 bits per heavy atom. The summed E-state index contributed by atoms with van der Waals surface area (Å²) in [6.07, 6.45) is 0.758. The molecule has 1 aliphatic heterocycles. The summed E-state index contributed by atoms with van der Waals surface area (Å²) in [4.78, 5) is 12.1. The number of fused-ring (bicyclic) bond motifs is 1. The van der Waals surface area contributed by atoms with Gasteiger partial charge in [-0.1, -0.05) is 23.8 Å². The maximum atomic E-state index is 12.1. The molecule has 0 atom stereocenters. The molecule has 4 heteroatoms. The van der Waals surface area contributed by atoms with Gasteiger partial charge in [-0.25, -0.2) is 0 Å². The number of carbonyl (C=O) groups excluding carboxylic acids is 1. The zero-order valence-corrected chi connectivity index (χ0v) is 12.6. The molecular weight excluding hydrogens is 278 g/mol. The minimum atomic E-state index is -0.0405. The number of ether oxygens (including phenoxy) is 2. The van der Waals surface area contributed by atoms with Gasteiger partial charge in [0, 0.05) is 12.1 Å². The van der Waals surface area contributed by atoms with Crippen molar-refractivity contribution in [1.29, 1.82) is 0 Å². The Morgan fingerprint density at radius 1 is 1.09 bits per heavy atom. The van der Waals surface area contributed by atoms with Crippen molar-refractivity contribution in [2.75, 3.05) is 19.8 Å². The van der Waals surface area contributed by atoms with Crippen molar-refractivity contribution in [3.05, 3.63) is 59.2 Å². The highest BCUT2D eigenvalue weighted by molar-refractivity contribution is 5.94. The SMILES string of the molecule is Cc1cccc(C(=O)NCCc2ccc3c(c2)OCCO3)c1. The number of hydrogen-bond donors (Lipinski definition) is 1. The monoisotopic (exact) mass is 297 g/mol. The first kappa shape index (κ1) is 14.4. The Bertz CT molecular complexity index is 682. The molecule has 0 saturated heterocycles. The van der Waals surface area contributed by atoms with Crippen molar-refractivity contribution < 1.29 is 14.3 Å². The molecule has 4 nitrogen and oxygen atoms in total. The van der Waals surface area contributed by atoms with Gasteiger partial charge in [0.2, 0.25) is 0 Å². The standard InChI is InChI=1S/C18H19NO3/c1-13-3-2-4-15(11-13)18(20)19-8-7-14-5-6-16-17(12-14)22-10-9-21-16/h2-6,11-12H,7-10H2,1H3,(H,19,20). The van der Waals surface area contributed by atoms with Gasteiger partial charge in [-0.2, -0.15) is 0 Å². The average molecular weight is 297 g/mol.